The van der Waals surface area contributed by atoms with Crippen molar-refractivity contribution in [2.24, 2.45) is 5.92 Å². The lowest BCUT2D eigenvalue weighted by Crippen LogP contribution is -2.29. The van der Waals surface area contributed by atoms with Gasteiger partial charge in [0.25, 0.3) is 0 Å². The third-order valence-corrected chi connectivity index (χ3v) is 8.36. The first kappa shape index (κ1) is 26.2. The van der Waals surface area contributed by atoms with Gasteiger partial charge in [-0.2, -0.15) is 0 Å². The molecule has 1 saturated heterocycles. The third-order valence-electron chi connectivity index (χ3n) is 6.65. The molecule has 1 fully saturated rings. The summed E-state index contributed by atoms with van der Waals surface area (Å²) in [4.78, 5) is 9.87. The Bertz CT molecular complexity index is 1290. The highest BCUT2D eigenvalue weighted by atomic mass is 32.2. The van der Waals surface area contributed by atoms with Gasteiger partial charge in [-0.1, -0.05) is 17.3 Å². The molecule has 3 heterocycles. The molecular weight excluding hydrogens is 480 g/mol. The van der Waals surface area contributed by atoms with Gasteiger partial charge in [-0.3, -0.25) is 0 Å². The van der Waals surface area contributed by atoms with Crippen LogP contribution in [0.1, 0.15) is 35.6 Å². The number of benzene rings is 1. The van der Waals surface area contributed by atoms with E-state index in [0.717, 1.165) is 33.8 Å². The summed E-state index contributed by atoms with van der Waals surface area (Å²) < 4.78 is 35.1. The fraction of sp³-hybridized carbons (Fsp3) is 0.500. The smallest absolute Gasteiger partial charge is 0.160 e. The molecule has 0 bridgehead atoms. The van der Waals surface area contributed by atoms with Crippen LogP contribution in [-0.2, 0) is 16.3 Å². The van der Waals surface area contributed by atoms with Crippen molar-refractivity contribution in [3.63, 3.8) is 0 Å². The summed E-state index contributed by atoms with van der Waals surface area (Å²) in [6.45, 7) is 6.37. The molecule has 9 nitrogen and oxygen atoms in total. The van der Waals surface area contributed by atoms with Crippen LogP contribution in [0, 0.1) is 26.7 Å². The van der Waals surface area contributed by atoms with E-state index in [1.807, 2.05) is 45.0 Å². The molecule has 2 aromatic heterocycles. The van der Waals surface area contributed by atoms with E-state index >= 15 is 0 Å². The quantitative estimate of drug-likeness (QED) is 0.443. The van der Waals surface area contributed by atoms with Crippen molar-refractivity contribution in [1.29, 1.82) is 0 Å². The summed E-state index contributed by atoms with van der Waals surface area (Å²) in [5, 5.41) is 17.0. The summed E-state index contributed by atoms with van der Waals surface area (Å²) in [5.74, 6) is 2.55. The van der Waals surface area contributed by atoms with Crippen LogP contribution in [0.5, 0.6) is 5.75 Å². The number of ether oxygens (including phenoxy) is 1. The summed E-state index contributed by atoms with van der Waals surface area (Å²) >= 11 is 0. The van der Waals surface area contributed by atoms with Crippen LogP contribution in [0.15, 0.2) is 28.8 Å². The topological polar surface area (TPSA) is 127 Å². The van der Waals surface area contributed by atoms with E-state index in [0.29, 0.717) is 43.1 Å². The highest BCUT2D eigenvalue weighted by Crippen LogP contribution is 2.34. The molecule has 1 atom stereocenters. The number of nitrogens with zero attached hydrogens (tertiary/aromatic N) is 3. The Hall–Kier alpha value is -2.82. The van der Waals surface area contributed by atoms with Crippen LogP contribution in [0.25, 0.3) is 22.6 Å². The Morgan fingerprint density at radius 2 is 1.94 bits per heavy atom. The number of hydrogen-bond donors (Lipinski definition) is 2. The number of aryl methyl sites for hydroxylation is 2. The van der Waals surface area contributed by atoms with E-state index in [1.165, 1.54) is 0 Å². The molecule has 1 aliphatic heterocycles. The lowest BCUT2D eigenvalue weighted by atomic mass is 9.93. The van der Waals surface area contributed by atoms with Crippen molar-refractivity contribution in [2.45, 2.75) is 46.1 Å². The molecule has 0 aliphatic carbocycles. The van der Waals surface area contributed by atoms with Crippen LogP contribution >= 0.6 is 0 Å². The van der Waals surface area contributed by atoms with Crippen LogP contribution in [0.4, 0.5) is 0 Å². The van der Waals surface area contributed by atoms with Gasteiger partial charge in [0, 0.05) is 17.8 Å². The number of sulfone groups is 1. The lowest BCUT2D eigenvalue weighted by Gasteiger charge is -2.23. The maximum absolute atomic E-state index is 11.9. The number of aromatic nitrogens is 3. The second-order valence-electron chi connectivity index (χ2n) is 9.52. The summed E-state index contributed by atoms with van der Waals surface area (Å²) in [6, 6.07) is 7.50. The zero-order valence-corrected chi connectivity index (χ0v) is 22.1. The molecule has 3 aromatic rings. The number of hydrogen-bond acceptors (Lipinski definition) is 9. The molecule has 10 heteroatoms. The van der Waals surface area contributed by atoms with E-state index in [-0.39, 0.29) is 24.0 Å². The Labute approximate surface area is 212 Å². The predicted molar refractivity (Wildman–Crippen MR) is 138 cm³/mol. The Morgan fingerprint density at radius 3 is 2.61 bits per heavy atom. The highest BCUT2D eigenvalue weighted by molar-refractivity contribution is 7.91. The number of aliphatic hydroxyl groups excluding tert-OH is 1. The van der Waals surface area contributed by atoms with Gasteiger partial charge in [0.1, 0.15) is 34.1 Å². The number of likely N-dealkylation sites (N-methyl/N-ethyl adjacent to an activating group) is 1. The van der Waals surface area contributed by atoms with Crippen LogP contribution in [0.2, 0.25) is 0 Å². The SMILES string of the molecule is CNCC(O)COc1cccc(-c2nc(CC3CCS(=O)(=O)CC3)c(C)c(-c3c(C)noc3C)n2)c1. The molecular formula is C26H34N4O5S. The van der Waals surface area contributed by atoms with Crippen molar-refractivity contribution in [1.82, 2.24) is 20.4 Å². The largest absolute Gasteiger partial charge is 0.491 e. The van der Waals surface area contributed by atoms with Crippen LogP contribution < -0.4 is 10.1 Å². The monoisotopic (exact) mass is 514 g/mol. The minimum Gasteiger partial charge on any atom is -0.491 e. The van der Waals surface area contributed by atoms with Gasteiger partial charge >= 0.3 is 0 Å². The number of nitrogens with one attached hydrogen (secondary N) is 1. The van der Waals surface area contributed by atoms with Gasteiger partial charge in [-0.15, -0.1) is 0 Å². The third kappa shape index (κ3) is 6.11. The van der Waals surface area contributed by atoms with Crippen molar-refractivity contribution < 1.29 is 22.8 Å². The number of aliphatic hydroxyl groups is 1. The van der Waals surface area contributed by atoms with Crippen molar-refractivity contribution in [3.05, 3.63) is 47.0 Å². The molecule has 1 unspecified atom stereocenters. The van der Waals surface area contributed by atoms with E-state index in [4.69, 9.17) is 19.2 Å². The summed E-state index contributed by atoms with van der Waals surface area (Å²) in [7, 11) is -1.16. The maximum Gasteiger partial charge on any atom is 0.160 e. The Kier molecular flexibility index (Phi) is 8.07. The van der Waals surface area contributed by atoms with Crippen molar-refractivity contribution in [2.75, 3.05) is 31.7 Å². The predicted octanol–water partition coefficient (Wildman–Crippen LogP) is 3.05. The van der Waals surface area contributed by atoms with E-state index in [1.54, 1.807) is 7.05 Å². The Morgan fingerprint density at radius 1 is 1.19 bits per heavy atom. The van der Waals surface area contributed by atoms with Gasteiger partial charge in [0.05, 0.1) is 28.5 Å². The molecule has 2 N–H and O–H groups in total. The molecule has 1 aliphatic rings. The first-order valence-corrected chi connectivity index (χ1v) is 14.1. The molecule has 36 heavy (non-hydrogen) atoms. The molecule has 0 amide bonds. The van der Waals surface area contributed by atoms with E-state index in [2.05, 4.69) is 10.5 Å². The first-order chi connectivity index (χ1) is 17.2. The van der Waals surface area contributed by atoms with Gasteiger partial charge < -0.3 is 19.7 Å². The van der Waals surface area contributed by atoms with Gasteiger partial charge in [-0.25, -0.2) is 18.4 Å². The summed E-state index contributed by atoms with van der Waals surface area (Å²) in [5.41, 5.74) is 5.01. The van der Waals surface area contributed by atoms with Crippen molar-refractivity contribution in [3.8, 4) is 28.4 Å². The zero-order valence-electron chi connectivity index (χ0n) is 21.2. The molecule has 4 rings (SSSR count). The Balaban J connectivity index is 1.71. The summed E-state index contributed by atoms with van der Waals surface area (Å²) in [6.07, 6.45) is 1.34. The van der Waals surface area contributed by atoms with Gasteiger partial charge in [0.15, 0.2) is 5.82 Å². The minimum absolute atomic E-state index is 0.166. The average molecular weight is 515 g/mol. The molecule has 0 saturated carbocycles. The van der Waals surface area contributed by atoms with Gasteiger partial charge in [0.2, 0.25) is 0 Å². The van der Waals surface area contributed by atoms with E-state index in [9.17, 15) is 13.5 Å². The fourth-order valence-corrected chi connectivity index (χ4v) is 6.17. The normalized spacial score (nSPS) is 16.7. The maximum atomic E-state index is 11.9. The molecule has 0 radical (unpaired) electrons. The first-order valence-electron chi connectivity index (χ1n) is 12.2. The highest BCUT2D eigenvalue weighted by Gasteiger charge is 2.26. The van der Waals surface area contributed by atoms with Gasteiger partial charge in [-0.05, 0) is 70.7 Å². The standard InChI is InChI=1S/C26H34N4O5S/c1-16-23(12-19-8-10-36(32,33)11-9-19)28-26(29-25(16)24-17(2)30-35-18(24)3)20-6-5-7-22(13-20)34-15-21(31)14-27-4/h5-7,13,19,21,27,31H,8-12,14-15H2,1-4H3. The van der Waals surface area contributed by atoms with Crippen LogP contribution in [0.3, 0.4) is 0 Å². The minimum atomic E-state index is -2.93. The van der Waals surface area contributed by atoms with Crippen molar-refractivity contribution >= 4 is 9.84 Å². The molecule has 194 valence electrons. The second kappa shape index (κ2) is 11.1. The average Bonchev–Trinajstić information content (AvgIpc) is 3.18. The van der Waals surface area contributed by atoms with E-state index < -0.39 is 15.9 Å². The van der Waals surface area contributed by atoms with Crippen LogP contribution in [-0.4, -0.2) is 66.5 Å². The molecule has 0 spiro atoms. The fourth-order valence-electron chi connectivity index (χ4n) is 4.58. The number of rotatable bonds is 9. The zero-order chi connectivity index (χ0) is 25.9. The molecule has 1 aromatic carbocycles. The lowest BCUT2D eigenvalue weighted by molar-refractivity contribution is 0.108. The second-order valence-corrected chi connectivity index (χ2v) is 11.8.